The molecular weight excluding hydrogens is 376 g/mol. The molecule has 1 aromatic heterocycles. The number of pyridine rings is 1. The predicted molar refractivity (Wildman–Crippen MR) is 119 cm³/mol. The number of ether oxygens (including phenoxy) is 1. The SMILES string of the molecule is CCCOC(=O)c1ccc2[nH]c(C)c(C[NH+]3C[C@@]4(C)C[C@@H]3CC(C)(C)C4)c(=O)c2c1. The normalized spacial score (nSPS) is 27.4. The molecular formula is C25H35N2O3+. The lowest BCUT2D eigenvalue weighted by Gasteiger charge is -2.37. The molecule has 0 spiro atoms. The molecule has 2 fully saturated rings. The van der Waals surface area contributed by atoms with E-state index in [1.807, 2.05) is 19.9 Å². The summed E-state index contributed by atoms with van der Waals surface area (Å²) in [5.41, 5.74) is 3.79. The van der Waals surface area contributed by atoms with E-state index in [-0.39, 0.29) is 11.4 Å². The van der Waals surface area contributed by atoms with Crippen molar-refractivity contribution < 1.29 is 14.4 Å². The summed E-state index contributed by atoms with van der Waals surface area (Å²) in [7, 11) is 0. The Balaban J connectivity index is 1.66. The molecule has 5 heteroatoms. The fourth-order valence-electron chi connectivity index (χ4n) is 6.25. The Morgan fingerprint density at radius 1 is 1.27 bits per heavy atom. The van der Waals surface area contributed by atoms with Gasteiger partial charge in [-0.3, -0.25) is 4.79 Å². The summed E-state index contributed by atoms with van der Waals surface area (Å²) in [6, 6.07) is 5.85. The van der Waals surface area contributed by atoms with E-state index in [9.17, 15) is 9.59 Å². The number of nitrogens with one attached hydrogen (secondary N) is 2. The zero-order valence-electron chi connectivity index (χ0n) is 19.0. The summed E-state index contributed by atoms with van der Waals surface area (Å²) < 4.78 is 5.25. The summed E-state index contributed by atoms with van der Waals surface area (Å²) in [6.07, 6.45) is 4.51. The molecule has 2 bridgehead atoms. The van der Waals surface area contributed by atoms with Crippen LogP contribution in [-0.2, 0) is 11.3 Å². The number of aromatic nitrogens is 1. The number of aromatic amines is 1. The van der Waals surface area contributed by atoms with E-state index in [1.54, 1.807) is 12.1 Å². The lowest BCUT2D eigenvalue weighted by molar-refractivity contribution is -0.928. The fraction of sp³-hybridized carbons (Fsp3) is 0.600. The third kappa shape index (κ3) is 3.92. The van der Waals surface area contributed by atoms with Crippen LogP contribution in [0, 0.1) is 17.8 Å². The second kappa shape index (κ2) is 7.52. The zero-order chi connectivity index (χ0) is 21.7. The van der Waals surface area contributed by atoms with E-state index in [1.165, 1.54) is 24.2 Å². The smallest absolute Gasteiger partial charge is 0.338 e. The summed E-state index contributed by atoms with van der Waals surface area (Å²) in [5, 5.41) is 0.578. The summed E-state index contributed by atoms with van der Waals surface area (Å²) >= 11 is 0. The molecule has 162 valence electrons. The lowest BCUT2D eigenvalue weighted by Crippen LogP contribution is -3.12. The van der Waals surface area contributed by atoms with Crippen molar-refractivity contribution in [1.82, 2.24) is 4.98 Å². The van der Waals surface area contributed by atoms with Crippen LogP contribution >= 0.6 is 0 Å². The van der Waals surface area contributed by atoms with Gasteiger partial charge in [0.25, 0.3) is 0 Å². The molecule has 1 aliphatic heterocycles. The molecule has 4 rings (SSSR count). The molecule has 30 heavy (non-hydrogen) atoms. The van der Waals surface area contributed by atoms with E-state index in [0.29, 0.717) is 34.4 Å². The molecule has 2 heterocycles. The highest BCUT2D eigenvalue weighted by Crippen LogP contribution is 2.47. The van der Waals surface area contributed by atoms with Gasteiger partial charge >= 0.3 is 5.97 Å². The average Bonchev–Trinajstić information content (AvgIpc) is 2.90. The first kappa shape index (κ1) is 21.1. The molecule has 5 nitrogen and oxygen atoms in total. The highest BCUT2D eigenvalue weighted by Gasteiger charge is 2.52. The van der Waals surface area contributed by atoms with Gasteiger partial charge in [0.2, 0.25) is 0 Å². The maximum Gasteiger partial charge on any atom is 0.338 e. The number of rotatable bonds is 5. The van der Waals surface area contributed by atoms with Gasteiger partial charge in [-0.15, -0.1) is 0 Å². The van der Waals surface area contributed by atoms with Gasteiger partial charge in [-0.2, -0.15) is 0 Å². The molecule has 1 aromatic carbocycles. The average molecular weight is 412 g/mol. The number of carbonyl (C=O) groups is 1. The van der Waals surface area contributed by atoms with Gasteiger partial charge in [0, 0.05) is 34.9 Å². The van der Waals surface area contributed by atoms with E-state index < -0.39 is 0 Å². The molecule has 2 aromatic rings. The van der Waals surface area contributed by atoms with Crippen LogP contribution in [0.15, 0.2) is 23.0 Å². The summed E-state index contributed by atoms with van der Waals surface area (Å²) in [5.74, 6) is -0.366. The monoisotopic (exact) mass is 411 g/mol. The van der Waals surface area contributed by atoms with Crippen molar-refractivity contribution in [2.24, 2.45) is 10.8 Å². The Labute approximate surface area is 178 Å². The van der Waals surface area contributed by atoms with Crippen molar-refractivity contribution in [2.75, 3.05) is 13.2 Å². The molecule has 0 radical (unpaired) electrons. The number of carbonyl (C=O) groups excluding carboxylic acids is 1. The first-order valence-electron chi connectivity index (χ1n) is 11.3. The fourth-order valence-corrected chi connectivity index (χ4v) is 6.25. The largest absolute Gasteiger partial charge is 0.462 e. The van der Waals surface area contributed by atoms with Crippen LogP contribution in [0.3, 0.4) is 0 Å². The maximum absolute atomic E-state index is 13.4. The van der Waals surface area contributed by atoms with E-state index in [4.69, 9.17) is 4.74 Å². The Bertz CT molecular complexity index is 1040. The minimum Gasteiger partial charge on any atom is -0.462 e. The van der Waals surface area contributed by atoms with Crippen LogP contribution in [0.1, 0.15) is 75.0 Å². The summed E-state index contributed by atoms with van der Waals surface area (Å²) in [4.78, 5) is 30.7. The number of hydrogen-bond acceptors (Lipinski definition) is 3. The van der Waals surface area contributed by atoms with Crippen LogP contribution < -0.4 is 10.3 Å². The standard InChI is InChI=1S/C25H34N2O3/c1-6-9-30-23(29)17-7-8-21-19(10-17)22(28)20(16(2)26-21)13-27-15-25(5)12-18(27)11-24(3,4)14-25/h7-8,10,18H,6,9,11-15H2,1-5H3,(H,26,28)/p+1/t18-,25-/m0/s1. The number of likely N-dealkylation sites (tertiary alicyclic amines) is 1. The van der Waals surface area contributed by atoms with Crippen LogP contribution in [-0.4, -0.2) is 30.1 Å². The van der Waals surface area contributed by atoms with Gasteiger partial charge in [-0.1, -0.05) is 27.7 Å². The van der Waals surface area contributed by atoms with E-state index >= 15 is 0 Å². The van der Waals surface area contributed by atoms with Gasteiger partial charge in [-0.25, -0.2) is 4.79 Å². The zero-order valence-corrected chi connectivity index (χ0v) is 19.0. The number of benzene rings is 1. The van der Waals surface area contributed by atoms with Crippen molar-refractivity contribution in [3.05, 3.63) is 45.2 Å². The van der Waals surface area contributed by atoms with Gasteiger partial charge < -0.3 is 14.6 Å². The Hall–Kier alpha value is -2.14. The summed E-state index contributed by atoms with van der Waals surface area (Å²) in [6.45, 7) is 13.4. The van der Waals surface area contributed by atoms with Crippen molar-refractivity contribution in [1.29, 1.82) is 0 Å². The molecule has 1 unspecified atom stereocenters. The molecule has 2 aliphatic rings. The first-order valence-corrected chi connectivity index (χ1v) is 11.3. The molecule has 0 amide bonds. The number of hydrogen-bond donors (Lipinski definition) is 2. The number of quaternary nitrogens is 1. The maximum atomic E-state index is 13.4. The van der Waals surface area contributed by atoms with Gasteiger partial charge in [0.05, 0.1) is 30.3 Å². The Kier molecular flexibility index (Phi) is 5.29. The number of esters is 1. The van der Waals surface area contributed by atoms with Gasteiger partial charge in [-0.05, 0) is 43.4 Å². The van der Waals surface area contributed by atoms with Gasteiger partial charge in [0.1, 0.15) is 6.54 Å². The van der Waals surface area contributed by atoms with Crippen LogP contribution in [0.5, 0.6) is 0 Å². The highest BCUT2D eigenvalue weighted by molar-refractivity contribution is 5.94. The van der Waals surface area contributed by atoms with Crippen molar-refractivity contribution in [2.45, 2.75) is 72.9 Å². The van der Waals surface area contributed by atoms with E-state index in [0.717, 1.165) is 36.3 Å². The Morgan fingerprint density at radius 2 is 2.03 bits per heavy atom. The van der Waals surface area contributed by atoms with Crippen LogP contribution in [0.4, 0.5) is 0 Å². The first-order chi connectivity index (χ1) is 14.1. The third-order valence-electron chi connectivity index (χ3n) is 7.06. The lowest BCUT2D eigenvalue weighted by atomic mass is 9.65. The molecule has 2 N–H and O–H groups in total. The van der Waals surface area contributed by atoms with Crippen LogP contribution in [0.25, 0.3) is 10.9 Å². The quantitative estimate of drug-likeness (QED) is 0.742. The Morgan fingerprint density at radius 3 is 2.77 bits per heavy atom. The van der Waals surface area contributed by atoms with Crippen molar-refractivity contribution >= 4 is 16.9 Å². The number of H-pyrrole nitrogens is 1. The van der Waals surface area contributed by atoms with Crippen LogP contribution in [0.2, 0.25) is 0 Å². The predicted octanol–water partition coefficient (Wildman–Crippen LogP) is 3.39. The molecule has 3 atom stereocenters. The number of fused-ring (bicyclic) bond motifs is 3. The second-order valence-electron chi connectivity index (χ2n) is 10.7. The van der Waals surface area contributed by atoms with Gasteiger partial charge in [0.15, 0.2) is 5.43 Å². The molecule has 1 saturated carbocycles. The van der Waals surface area contributed by atoms with Crippen molar-refractivity contribution in [3.63, 3.8) is 0 Å². The van der Waals surface area contributed by atoms with E-state index in [2.05, 4.69) is 25.8 Å². The molecule has 1 aliphatic carbocycles. The highest BCUT2D eigenvalue weighted by atomic mass is 16.5. The second-order valence-corrected chi connectivity index (χ2v) is 10.7. The number of aryl methyl sites for hydroxylation is 1. The third-order valence-corrected chi connectivity index (χ3v) is 7.06. The minimum atomic E-state index is -0.366. The minimum absolute atomic E-state index is 0.0461. The topological polar surface area (TPSA) is 63.6 Å². The molecule has 1 saturated heterocycles. The van der Waals surface area contributed by atoms with Crippen molar-refractivity contribution in [3.8, 4) is 0 Å².